The average Bonchev–Trinajstić information content (AvgIpc) is 2.65. The van der Waals surface area contributed by atoms with Gasteiger partial charge in [-0.15, -0.1) is 0 Å². The maximum atomic E-state index is 10.6. The van der Waals surface area contributed by atoms with E-state index >= 15 is 0 Å². The van der Waals surface area contributed by atoms with Crippen LogP contribution in [-0.2, 0) is 11.3 Å². The van der Waals surface area contributed by atoms with E-state index in [0.29, 0.717) is 18.4 Å². The number of aliphatic hydroxyl groups is 1. The molecule has 1 saturated carbocycles. The Kier molecular flexibility index (Phi) is 9.66. The number of benzene rings is 1. The highest BCUT2D eigenvalue weighted by Crippen LogP contribution is 2.29. The van der Waals surface area contributed by atoms with Crippen LogP contribution in [0, 0.1) is 17.8 Å². The summed E-state index contributed by atoms with van der Waals surface area (Å²) < 4.78 is 5.85. The summed E-state index contributed by atoms with van der Waals surface area (Å²) in [5.74, 6) is 1.71. The largest absolute Gasteiger partial charge is 0.392 e. The molecule has 0 bridgehead atoms. The molecule has 0 saturated heterocycles. The zero-order valence-corrected chi connectivity index (χ0v) is 16.8. The van der Waals surface area contributed by atoms with Crippen molar-refractivity contribution in [2.45, 2.75) is 84.0 Å². The van der Waals surface area contributed by atoms with E-state index in [1.54, 1.807) is 0 Å². The summed E-state index contributed by atoms with van der Waals surface area (Å²) in [7, 11) is 0. The lowest BCUT2D eigenvalue weighted by Crippen LogP contribution is -2.38. The fourth-order valence-corrected chi connectivity index (χ4v) is 4.17. The first-order valence-electron chi connectivity index (χ1n) is 10.6. The third-order valence-corrected chi connectivity index (χ3v) is 6.06. The van der Waals surface area contributed by atoms with Crippen LogP contribution < -0.4 is 5.73 Å². The number of hydrogen-bond donors (Lipinski definition) is 2. The van der Waals surface area contributed by atoms with Gasteiger partial charge in [-0.2, -0.15) is 0 Å². The molecule has 3 atom stereocenters. The fraction of sp³-hybridized carbons (Fsp3) is 0.739. The standard InChI is InChI=1S/C23H39NO2/c1-18(2)21(13-14-26-17-20-11-7-4-8-12-20)16-23(25)22(24)15-19-9-5-3-6-10-19/h4,7-8,11-12,18-19,21-23,25H,3,5-6,9-10,13-17,24H2,1-2H3/t21-,22-,23-/m0/s1. The number of hydrogen-bond acceptors (Lipinski definition) is 3. The Hall–Kier alpha value is -0.900. The highest BCUT2D eigenvalue weighted by molar-refractivity contribution is 5.13. The van der Waals surface area contributed by atoms with E-state index in [4.69, 9.17) is 10.5 Å². The van der Waals surface area contributed by atoms with Crippen molar-refractivity contribution >= 4 is 0 Å². The summed E-state index contributed by atoms with van der Waals surface area (Å²) in [6.45, 7) is 5.88. The Morgan fingerprint density at radius 2 is 1.81 bits per heavy atom. The van der Waals surface area contributed by atoms with Crippen molar-refractivity contribution in [3.05, 3.63) is 35.9 Å². The average molecular weight is 362 g/mol. The van der Waals surface area contributed by atoms with Crippen LogP contribution in [0.5, 0.6) is 0 Å². The van der Waals surface area contributed by atoms with Crippen LogP contribution in [0.25, 0.3) is 0 Å². The Morgan fingerprint density at radius 1 is 1.12 bits per heavy atom. The quantitative estimate of drug-likeness (QED) is 0.550. The zero-order chi connectivity index (χ0) is 18.8. The molecule has 0 aliphatic heterocycles. The normalized spacial score (nSPS) is 19.4. The van der Waals surface area contributed by atoms with Crippen LogP contribution in [-0.4, -0.2) is 23.9 Å². The van der Waals surface area contributed by atoms with Gasteiger partial charge in [-0.3, -0.25) is 0 Å². The highest BCUT2D eigenvalue weighted by Gasteiger charge is 2.25. The lowest BCUT2D eigenvalue weighted by molar-refractivity contribution is 0.0643. The summed E-state index contributed by atoms with van der Waals surface area (Å²) in [6, 6.07) is 10.2. The monoisotopic (exact) mass is 361 g/mol. The van der Waals surface area contributed by atoms with Gasteiger partial charge < -0.3 is 15.6 Å². The molecule has 1 aliphatic rings. The minimum absolute atomic E-state index is 0.0791. The fourth-order valence-electron chi connectivity index (χ4n) is 4.17. The summed E-state index contributed by atoms with van der Waals surface area (Å²) >= 11 is 0. The summed E-state index contributed by atoms with van der Waals surface area (Å²) in [5, 5.41) is 10.6. The van der Waals surface area contributed by atoms with Crippen molar-refractivity contribution in [1.29, 1.82) is 0 Å². The third-order valence-electron chi connectivity index (χ3n) is 6.06. The smallest absolute Gasteiger partial charge is 0.0716 e. The molecule has 0 aromatic heterocycles. The SMILES string of the molecule is CC(C)[C@@H](CCOCc1ccccc1)C[C@H](O)[C@@H](N)CC1CCCCC1. The number of nitrogens with two attached hydrogens (primary N) is 1. The molecule has 1 aliphatic carbocycles. The molecule has 3 N–H and O–H groups in total. The second-order valence-corrected chi connectivity index (χ2v) is 8.54. The van der Waals surface area contributed by atoms with E-state index in [2.05, 4.69) is 26.0 Å². The lowest BCUT2D eigenvalue weighted by atomic mass is 9.81. The van der Waals surface area contributed by atoms with E-state index in [9.17, 15) is 5.11 Å². The summed E-state index contributed by atoms with van der Waals surface area (Å²) in [6.07, 6.45) is 8.99. The molecule has 0 unspecified atom stereocenters. The molecule has 26 heavy (non-hydrogen) atoms. The van der Waals surface area contributed by atoms with Crippen LogP contribution in [0.15, 0.2) is 30.3 Å². The van der Waals surface area contributed by atoms with E-state index in [0.717, 1.165) is 31.8 Å². The van der Waals surface area contributed by atoms with E-state index < -0.39 is 6.10 Å². The molecule has 0 spiro atoms. The van der Waals surface area contributed by atoms with Crippen molar-refractivity contribution in [3.63, 3.8) is 0 Å². The van der Waals surface area contributed by atoms with Gasteiger partial charge in [0, 0.05) is 12.6 Å². The topological polar surface area (TPSA) is 55.5 Å². The molecule has 0 heterocycles. The minimum atomic E-state index is -0.390. The van der Waals surface area contributed by atoms with Crippen LogP contribution in [0.2, 0.25) is 0 Å². The molecule has 3 nitrogen and oxygen atoms in total. The van der Waals surface area contributed by atoms with E-state index in [1.165, 1.54) is 37.7 Å². The molecular weight excluding hydrogens is 322 g/mol. The van der Waals surface area contributed by atoms with Crippen LogP contribution in [0.3, 0.4) is 0 Å². The van der Waals surface area contributed by atoms with Gasteiger partial charge in [0.05, 0.1) is 12.7 Å². The highest BCUT2D eigenvalue weighted by atomic mass is 16.5. The second kappa shape index (κ2) is 11.7. The lowest BCUT2D eigenvalue weighted by Gasteiger charge is -2.30. The molecule has 1 fully saturated rings. The predicted octanol–water partition coefficient (Wildman–Crippen LogP) is 4.91. The van der Waals surface area contributed by atoms with Crippen LogP contribution in [0.1, 0.15) is 70.8 Å². The second-order valence-electron chi connectivity index (χ2n) is 8.54. The van der Waals surface area contributed by atoms with Gasteiger partial charge in [0.2, 0.25) is 0 Å². The van der Waals surface area contributed by atoms with Gasteiger partial charge >= 0.3 is 0 Å². The first kappa shape index (κ1) is 21.4. The Bertz CT molecular complexity index is 470. The van der Waals surface area contributed by atoms with Gasteiger partial charge in [-0.05, 0) is 42.6 Å². The van der Waals surface area contributed by atoms with Crippen molar-refractivity contribution in [1.82, 2.24) is 0 Å². The maximum Gasteiger partial charge on any atom is 0.0716 e. The van der Waals surface area contributed by atoms with Gasteiger partial charge in [0.1, 0.15) is 0 Å². The van der Waals surface area contributed by atoms with E-state index in [-0.39, 0.29) is 6.04 Å². The van der Waals surface area contributed by atoms with E-state index in [1.807, 2.05) is 18.2 Å². The number of rotatable bonds is 11. The Balaban J connectivity index is 1.69. The molecule has 3 heteroatoms. The molecule has 2 rings (SSSR count). The molecule has 0 amide bonds. The summed E-state index contributed by atoms with van der Waals surface area (Å²) in [4.78, 5) is 0. The van der Waals surface area contributed by atoms with Gasteiger partial charge in [-0.1, -0.05) is 76.3 Å². The maximum absolute atomic E-state index is 10.6. The van der Waals surface area contributed by atoms with Gasteiger partial charge in [0.15, 0.2) is 0 Å². The van der Waals surface area contributed by atoms with Crippen molar-refractivity contribution < 1.29 is 9.84 Å². The molecule has 148 valence electrons. The molecule has 0 radical (unpaired) electrons. The third kappa shape index (κ3) is 7.77. The number of ether oxygens (including phenoxy) is 1. The first-order valence-corrected chi connectivity index (χ1v) is 10.6. The molecule has 1 aromatic carbocycles. The number of aliphatic hydroxyl groups excluding tert-OH is 1. The van der Waals surface area contributed by atoms with Gasteiger partial charge in [-0.25, -0.2) is 0 Å². The minimum Gasteiger partial charge on any atom is -0.392 e. The van der Waals surface area contributed by atoms with Crippen molar-refractivity contribution in [3.8, 4) is 0 Å². The van der Waals surface area contributed by atoms with Crippen LogP contribution in [0.4, 0.5) is 0 Å². The molecule has 1 aromatic rings. The van der Waals surface area contributed by atoms with Crippen molar-refractivity contribution in [2.24, 2.45) is 23.5 Å². The Labute approximate surface area is 160 Å². The Morgan fingerprint density at radius 3 is 2.46 bits per heavy atom. The first-order chi connectivity index (χ1) is 12.6. The van der Waals surface area contributed by atoms with Crippen molar-refractivity contribution in [2.75, 3.05) is 6.61 Å². The zero-order valence-electron chi connectivity index (χ0n) is 16.8. The summed E-state index contributed by atoms with van der Waals surface area (Å²) in [5.41, 5.74) is 7.56. The van der Waals surface area contributed by atoms with Crippen LogP contribution >= 0.6 is 0 Å². The predicted molar refractivity (Wildman–Crippen MR) is 109 cm³/mol. The molecular formula is C23H39NO2. The van der Waals surface area contributed by atoms with Gasteiger partial charge in [0.25, 0.3) is 0 Å².